The maximum absolute atomic E-state index is 13.4. The van der Waals surface area contributed by atoms with E-state index in [0.717, 1.165) is 12.3 Å². The first kappa shape index (κ1) is 34.6. The fraction of sp³-hybridized carbons (Fsp3) is 0.931. The van der Waals surface area contributed by atoms with Gasteiger partial charge in [0.15, 0.2) is 5.78 Å². The first-order valence-electron chi connectivity index (χ1n) is 13.4. The number of carbonyl (C=O) groups is 2. The van der Waals surface area contributed by atoms with Crippen LogP contribution in [0.25, 0.3) is 0 Å². The van der Waals surface area contributed by atoms with Gasteiger partial charge < -0.3 is 10.6 Å². The third-order valence-electron chi connectivity index (χ3n) is 7.15. The highest BCUT2D eigenvalue weighted by Crippen LogP contribution is 2.39. The summed E-state index contributed by atoms with van der Waals surface area (Å²) in [5, 5.41) is 11.4. The third kappa shape index (κ3) is 10.8. The van der Waals surface area contributed by atoms with Crippen LogP contribution < -0.4 is 16.0 Å². The maximum atomic E-state index is 13.4. The van der Waals surface area contributed by atoms with Crippen LogP contribution in [0.5, 0.6) is 0 Å². The monoisotopic (exact) mass is 513 g/mol. The number of rotatable bonds is 14. The summed E-state index contributed by atoms with van der Waals surface area (Å²) in [6.45, 7) is 33.2. The fourth-order valence-corrected chi connectivity index (χ4v) is 5.70. The molecule has 0 aliphatic carbocycles. The second-order valence-corrected chi connectivity index (χ2v) is 15.9. The molecule has 0 aromatic heterocycles. The molecular formula is C29H59N3O2S. The smallest absolute Gasteiger partial charge is 0.154 e. The van der Waals surface area contributed by atoms with E-state index in [1.807, 2.05) is 74.1 Å². The van der Waals surface area contributed by atoms with Gasteiger partial charge in [0.1, 0.15) is 5.78 Å². The third-order valence-corrected chi connectivity index (χ3v) is 8.22. The molecule has 0 radical (unpaired) electrons. The minimum Gasteiger partial charge on any atom is -0.310 e. The maximum Gasteiger partial charge on any atom is 0.154 e. The zero-order chi connectivity index (χ0) is 28.2. The Hall–Kier alpha value is -0.430. The number of hydrogen-bond acceptors (Lipinski definition) is 6. The van der Waals surface area contributed by atoms with Crippen LogP contribution in [0.4, 0.5) is 0 Å². The van der Waals surface area contributed by atoms with E-state index in [0.29, 0.717) is 11.3 Å². The number of carbonyl (C=O) groups excluding carboxylic acids is 2. The van der Waals surface area contributed by atoms with Crippen LogP contribution in [-0.4, -0.2) is 51.4 Å². The Morgan fingerprint density at radius 1 is 0.771 bits per heavy atom. The zero-order valence-corrected chi connectivity index (χ0v) is 26.8. The molecule has 208 valence electrons. The quantitative estimate of drug-likeness (QED) is 0.240. The van der Waals surface area contributed by atoms with Gasteiger partial charge in [-0.15, -0.1) is 11.8 Å². The number of nitrogens with one attached hydrogen (secondary N) is 3. The highest BCUT2D eigenvalue weighted by Gasteiger charge is 2.50. The lowest BCUT2D eigenvalue weighted by Crippen LogP contribution is -2.68. The molecule has 0 saturated carbocycles. The molecule has 0 fully saturated rings. The van der Waals surface area contributed by atoms with Gasteiger partial charge in [0.25, 0.3) is 0 Å². The second-order valence-electron chi connectivity index (χ2n) is 14.5. The lowest BCUT2D eigenvalue weighted by atomic mass is 9.64. The summed E-state index contributed by atoms with van der Waals surface area (Å²) in [6, 6.07) is 0.00718. The van der Waals surface area contributed by atoms with E-state index in [-0.39, 0.29) is 23.0 Å². The number of Topliss-reactive ketones (excluding diaryl/α,β-unsaturated/α-hetero) is 2. The lowest BCUT2D eigenvalue weighted by molar-refractivity contribution is -0.140. The largest absolute Gasteiger partial charge is 0.310 e. The summed E-state index contributed by atoms with van der Waals surface area (Å²) in [5.41, 5.74) is -2.08. The van der Waals surface area contributed by atoms with Crippen LogP contribution in [0.15, 0.2) is 0 Å². The van der Waals surface area contributed by atoms with Crippen LogP contribution in [0.1, 0.15) is 117 Å². The van der Waals surface area contributed by atoms with Gasteiger partial charge in [0.2, 0.25) is 0 Å². The number of ketones is 2. The summed E-state index contributed by atoms with van der Waals surface area (Å²) in [4.78, 5) is 26.8. The standard InChI is InChI=1S/C29H59N3O2S/c1-19(2)22(33)23(32-29(15,16)27(11,12)24(34)25(5,6)7)28(13,14)30-18-35-21(4)17-20(3)31-26(8,9)10/h19-21,23,30-32H,17-18H2,1-16H3. The van der Waals surface area contributed by atoms with Crippen molar-refractivity contribution in [1.29, 1.82) is 0 Å². The Balaban J connectivity index is 5.54. The summed E-state index contributed by atoms with van der Waals surface area (Å²) >= 11 is 1.88. The Bertz CT molecular complexity index is 700. The topological polar surface area (TPSA) is 70.2 Å². The molecule has 0 rings (SSSR count). The molecular weight excluding hydrogens is 454 g/mol. The molecule has 3 N–H and O–H groups in total. The minimum atomic E-state index is -0.656. The lowest BCUT2D eigenvalue weighted by Gasteiger charge is -2.49. The van der Waals surface area contributed by atoms with Gasteiger partial charge in [0, 0.05) is 50.5 Å². The van der Waals surface area contributed by atoms with Crippen molar-refractivity contribution in [1.82, 2.24) is 16.0 Å². The van der Waals surface area contributed by atoms with Crippen molar-refractivity contribution < 1.29 is 9.59 Å². The van der Waals surface area contributed by atoms with Gasteiger partial charge in [-0.25, -0.2) is 0 Å². The van der Waals surface area contributed by atoms with Crippen LogP contribution in [0, 0.1) is 16.7 Å². The molecule has 5 nitrogen and oxygen atoms in total. The molecule has 0 aliphatic rings. The first-order valence-corrected chi connectivity index (χ1v) is 14.4. The van der Waals surface area contributed by atoms with E-state index in [1.54, 1.807) is 0 Å². The van der Waals surface area contributed by atoms with Crippen molar-refractivity contribution in [2.24, 2.45) is 16.7 Å². The molecule has 0 spiro atoms. The summed E-state index contributed by atoms with van der Waals surface area (Å²) in [6.07, 6.45) is 1.08. The number of thioether (sulfide) groups is 1. The summed E-state index contributed by atoms with van der Waals surface area (Å²) in [5.74, 6) is 0.994. The van der Waals surface area contributed by atoms with Gasteiger partial charge >= 0.3 is 0 Å². The van der Waals surface area contributed by atoms with Gasteiger partial charge in [-0.05, 0) is 61.8 Å². The molecule has 0 aromatic carbocycles. The van der Waals surface area contributed by atoms with Gasteiger partial charge in [0.05, 0.1) is 6.04 Å². The Morgan fingerprint density at radius 3 is 1.66 bits per heavy atom. The van der Waals surface area contributed by atoms with Crippen molar-refractivity contribution >= 4 is 23.3 Å². The molecule has 0 aliphatic heterocycles. The summed E-state index contributed by atoms with van der Waals surface area (Å²) < 4.78 is 0. The SMILES string of the molecule is CC(CC(C)SCNC(C)(C)C(NC(C)(C)C(C)(C)C(=O)C(C)(C)C)C(=O)C(C)C)NC(C)(C)C. The first-order chi connectivity index (χ1) is 15.3. The molecule has 0 saturated heterocycles. The van der Waals surface area contributed by atoms with Crippen molar-refractivity contribution in [3.63, 3.8) is 0 Å². The van der Waals surface area contributed by atoms with Crippen LogP contribution >= 0.6 is 11.8 Å². The highest BCUT2D eigenvalue weighted by molar-refractivity contribution is 7.99. The highest BCUT2D eigenvalue weighted by atomic mass is 32.2. The summed E-state index contributed by atoms with van der Waals surface area (Å²) in [7, 11) is 0. The normalized spacial score (nSPS) is 16.8. The molecule has 0 amide bonds. The van der Waals surface area contributed by atoms with E-state index >= 15 is 0 Å². The van der Waals surface area contributed by atoms with Crippen molar-refractivity contribution in [3.8, 4) is 0 Å². The second kappa shape index (κ2) is 12.4. The van der Waals surface area contributed by atoms with Gasteiger partial charge in [-0.2, -0.15) is 0 Å². The minimum absolute atomic E-state index is 0.106. The number of hydrogen-bond donors (Lipinski definition) is 3. The van der Waals surface area contributed by atoms with Crippen LogP contribution in [0.3, 0.4) is 0 Å². The van der Waals surface area contributed by atoms with Crippen LogP contribution in [-0.2, 0) is 9.59 Å². The molecule has 0 bridgehead atoms. The molecule has 35 heavy (non-hydrogen) atoms. The van der Waals surface area contributed by atoms with Crippen LogP contribution in [0.2, 0.25) is 0 Å². The average molecular weight is 514 g/mol. The van der Waals surface area contributed by atoms with E-state index in [9.17, 15) is 9.59 Å². The predicted molar refractivity (Wildman–Crippen MR) is 155 cm³/mol. The Morgan fingerprint density at radius 2 is 1.26 bits per heavy atom. The van der Waals surface area contributed by atoms with E-state index < -0.39 is 27.9 Å². The molecule has 6 heteroatoms. The van der Waals surface area contributed by atoms with E-state index in [1.165, 1.54) is 0 Å². The molecule has 3 unspecified atom stereocenters. The predicted octanol–water partition coefficient (Wildman–Crippen LogP) is 6.20. The average Bonchev–Trinajstić information content (AvgIpc) is 2.61. The van der Waals surface area contributed by atoms with Gasteiger partial charge in [-0.1, -0.05) is 55.4 Å². The fourth-order valence-electron chi connectivity index (χ4n) is 4.54. The zero-order valence-electron chi connectivity index (χ0n) is 25.9. The molecule has 0 aromatic rings. The van der Waals surface area contributed by atoms with Gasteiger partial charge in [-0.3, -0.25) is 14.9 Å². The molecule has 0 heterocycles. The molecule has 3 atom stereocenters. The van der Waals surface area contributed by atoms with Crippen molar-refractivity contribution in [2.75, 3.05) is 5.88 Å². The van der Waals surface area contributed by atoms with E-state index in [4.69, 9.17) is 0 Å². The Kier molecular flexibility index (Phi) is 12.3. The van der Waals surface area contributed by atoms with E-state index in [2.05, 4.69) is 64.4 Å². The van der Waals surface area contributed by atoms with Crippen molar-refractivity contribution in [3.05, 3.63) is 0 Å². The van der Waals surface area contributed by atoms with Crippen molar-refractivity contribution in [2.45, 2.75) is 151 Å². The Labute approximate surface area is 222 Å².